The predicted molar refractivity (Wildman–Crippen MR) is 69.4 cm³/mol. The molecule has 0 saturated heterocycles. The number of nitrogens with two attached hydrogens (primary N) is 1. The van der Waals surface area contributed by atoms with Crippen LogP contribution in [0, 0.1) is 5.82 Å². The molecule has 1 heterocycles. The van der Waals surface area contributed by atoms with Gasteiger partial charge in [0, 0.05) is 7.05 Å². The van der Waals surface area contributed by atoms with Crippen LogP contribution in [0.4, 0.5) is 10.1 Å². The van der Waals surface area contributed by atoms with Crippen molar-refractivity contribution in [1.82, 2.24) is 9.36 Å². The summed E-state index contributed by atoms with van der Waals surface area (Å²) < 4.78 is 16.1. The van der Waals surface area contributed by atoms with E-state index in [1.807, 2.05) is 6.92 Å². The number of hydrogen-bond acceptors (Lipinski definition) is 2. The second kappa shape index (κ2) is 4.68. The van der Waals surface area contributed by atoms with Gasteiger partial charge in [-0.3, -0.25) is 9.48 Å². The lowest BCUT2D eigenvalue weighted by Gasteiger charge is -2.09. The molecule has 0 aliphatic carbocycles. The van der Waals surface area contributed by atoms with Crippen molar-refractivity contribution in [3.05, 3.63) is 46.1 Å². The number of aromatic nitrogens is 2. The molecule has 2 N–H and O–H groups in total. The van der Waals surface area contributed by atoms with Crippen molar-refractivity contribution in [3.8, 4) is 5.69 Å². The van der Waals surface area contributed by atoms with Gasteiger partial charge in [0.15, 0.2) is 0 Å². The first-order valence-corrected chi connectivity index (χ1v) is 5.88. The van der Waals surface area contributed by atoms with Gasteiger partial charge in [0.2, 0.25) is 0 Å². The van der Waals surface area contributed by atoms with Crippen LogP contribution in [0.3, 0.4) is 0 Å². The Morgan fingerprint density at radius 2 is 1.89 bits per heavy atom. The zero-order valence-electron chi connectivity index (χ0n) is 10.5. The van der Waals surface area contributed by atoms with Crippen molar-refractivity contribution < 1.29 is 4.39 Å². The van der Waals surface area contributed by atoms with Gasteiger partial charge in [0.1, 0.15) is 11.5 Å². The summed E-state index contributed by atoms with van der Waals surface area (Å²) in [5.74, 6) is -0.331. The Morgan fingerprint density at radius 1 is 1.28 bits per heavy atom. The molecule has 0 spiro atoms. The van der Waals surface area contributed by atoms with Crippen LogP contribution in [0.15, 0.2) is 29.1 Å². The Labute approximate surface area is 104 Å². The van der Waals surface area contributed by atoms with Crippen LogP contribution in [0.1, 0.15) is 19.0 Å². The van der Waals surface area contributed by atoms with E-state index in [1.165, 1.54) is 16.8 Å². The summed E-state index contributed by atoms with van der Waals surface area (Å²) in [7, 11) is 1.78. The second-order valence-electron chi connectivity index (χ2n) is 4.23. The second-order valence-corrected chi connectivity index (χ2v) is 4.23. The topological polar surface area (TPSA) is 53.0 Å². The first kappa shape index (κ1) is 12.4. The summed E-state index contributed by atoms with van der Waals surface area (Å²) in [5.41, 5.74) is 7.26. The van der Waals surface area contributed by atoms with Crippen LogP contribution in [0.25, 0.3) is 5.69 Å². The molecule has 0 aliphatic heterocycles. The smallest absolute Gasteiger partial charge is 0.294 e. The summed E-state index contributed by atoms with van der Waals surface area (Å²) >= 11 is 0. The maximum absolute atomic E-state index is 12.9. The molecule has 0 aliphatic rings. The molecule has 18 heavy (non-hydrogen) atoms. The van der Waals surface area contributed by atoms with E-state index < -0.39 is 0 Å². The Balaban J connectivity index is 2.61. The highest BCUT2D eigenvalue weighted by Crippen LogP contribution is 2.14. The molecule has 2 aromatic rings. The van der Waals surface area contributed by atoms with Crippen molar-refractivity contribution in [2.75, 3.05) is 5.73 Å². The van der Waals surface area contributed by atoms with Crippen LogP contribution in [0.2, 0.25) is 0 Å². The molecule has 0 bridgehead atoms. The van der Waals surface area contributed by atoms with Gasteiger partial charge < -0.3 is 5.73 Å². The van der Waals surface area contributed by atoms with Gasteiger partial charge in [0.05, 0.1) is 11.4 Å². The number of hydrogen-bond donors (Lipinski definition) is 1. The van der Waals surface area contributed by atoms with E-state index >= 15 is 0 Å². The summed E-state index contributed by atoms with van der Waals surface area (Å²) in [6, 6.07) is 5.77. The summed E-state index contributed by atoms with van der Waals surface area (Å²) in [6.07, 6.45) is 1.65. The lowest BCUT2D eigenvalue weighted by atomic mass is 10.2. The third-order valence-electron chi connectivity index (χ3n) is 2.98. The Bertz CT molecular complexity index is 610. The van der Waals surface area contributed by atoms with E-state index in [1.54, 1.807) is 23.9 Å². The fourth-order valence-electron chi connectivity index (χ4n) is 2.07. The minimum absolute atomic E-state index is 0.257. The number of nitrogens with zero attached hydrogens (tertiary/aromatic N) is 2. The Hall–Kier alpha value is -2.04. The van der Waals surface area contributed by atoms with Crippen molar-refractivity contribution in [1.29, 1.82) is 0 Å². The van der Waals surface area contributed by atoms with Gasteiger partial charge in [-0.15, -0.1) is 0 Å². The molecule has 2 rings (SSSR count). The van der Waals surface area contributed by atoms with E-state index in [4.69, 9.17) is 5.73 Å². The predicted octanol–water partition coefficient (Wildman–Crippen LogP) is 1.85. The van der Waals surface area contributed by atoms with E-state index in [2.05, 4.69) is 0 Å². The lowest BCUT2D eigenvalue weighted by Crippen LogP contribution is -2.20. The molecule has 1 aromatic carbocycles. The zero-order valence-corrected chi connectivity index (χ0v) is 10.5. The normalized spacial score (nSPS) is 10.8. The summed E-state index contributed by atoms with van der Waals surface area (Å²) in [4.78, 5) is 12.1. The van der Waals surface area contributed by atoms with E-state index in [0.717, 1.165) is 18.5 Å². The van der Waals surface area contributed by atoms with Crippen LogP contribution < -0.4 is 11.3 Å². The number of anilines is 1. The van der Waals surface area contributed by atoms with Crippen LogP contribution in [0.5, 0.6) is 0 Å². The Morgan fingerprint density at radius 3 is 2.44 bits per heavy atom. The molecular weight excluding hydrogens is 233 g/mol. The molecule has 0 atom stereocenters. The summed E-state index contributed by atoms with van der Waals surface area (Å²) in [6.45, 7) is 2.03. The van der Waals surface area contributed by atoms with Gasteiger partial charge >= 0.3 is 0 Å². The van der Waals surface area contributed by atoms with E-state index in [0.29, 0.717) is 5.69 Å². The van der Waals surface area contributed by atoms with Crippen LogP contribution in [-0.4, -0.2) is 9.36 Å². The average Bonchev–Trinajstić information content (AvgIpc) is 2.56. The van der Waals surface area contributed by atoms with Crippen LogP contribution >= 0.6 is 0 Å². The highest BCUT2D eigenvalue weighted by atomic mass is 19.1. The fourth-order valence-corrected chi connectivity index (χ4v) is 2.07. The molecule has 0 unspecified atom stereocenters. The number of rotatable bonds is 3. The van der Waals surface area contributed by atoms with E-state index in [9.17, 15) is 9.18 Å². The lowest BCUT2D eigenvalue weighted by molar-refractivity contribution is 0.603. The SMILES string of the molecule is CCCc1c(N)c(=O)n(-c2ccc(F)cc2)n1C. The van der Waals surface area contributed by atoms with Gasteiger partial charge in [-0.2, -0.15) is 0 Å². The third kappa shape index (κ3) is 1.92. The first-order chi connectivity index (χ1) is 8.56. The van der Waals surface area contributed by atoms with Gasteiger partial charge in [-0.05, 0) is 30.7 Å². The molecule has 5 heteroatoms. The minimum Gasteiger partial charge on any atom is -0.393 e. The van der Waals surface area contributed by atoms with Crippen LogP contribution in [-0.2, 0) is 13.5 Å². The number of halogens is 1. The highest BCUT2D eigenvalue weighted by Gasteiger charge is 2.15. The largest absolute Gasteiger partial charge is 0.393 e. The first-order valence-electron chi connectivity index (χ1n) is 5.88. The van der Waals surface area contributed by atoms with Crippen molar-refractivity contribution in [2.45, 2.75) is 19.8 Å². The maximum atomic E-state index is 12.9. The molecule has 0 fully saturated rings. The molecular formula is C13H16FN3O. The minimum atomic E-state index is -0.331. The van der Waals surface area contributed by atoms with E-state index in [-0.39, 0.29) is 17.1 Å². The molecule has 0 radical (unpaired) electrons. The van der Waals surface area contributed by atoms with Crippen molar-refractivity contribution in [2.24, 2.45) is 7.05 Å². The zero-order chi connectivity index (χ0) is 13.3. The quantitative estimate of drug-likeness (QED) is 0.902. The monoisotopic (exact) mass is 249 g/mol. The number of benzene rings is 1. The molecule has 0 saturated carbocycles. The third-order valence-corrected chi connectivity index (χ3v) is 2.98. The number of nitrogen functional groups attached to an aromatic ring is 1. The molecule has 1 aromatic heterocycles. The van der Waals surface area contributed by atoms with Gasteiger partial charge in [-0.25, -0.2) is 9.07 Å². The van der Waals surface area contributed by atoms with Gasteiger partial charge in [-0.1, -0.05) is 13.3 Å². The standard InChI is InChI=1S/C13H16FN3O/c1-3-4-11-12(15)13(18)17(16(11)2)10-7-5-9(14)6-8-10/h5-8H,3-4,15H2,1-2H3. The van der Waals surface area contributed by atoms with Crippen molar-refractivity contribution >= 4 is 5.69 Å². The fraction of sp³-hybridized carbons (Fsp3) is 0.308. The maximum Gasteiger partial charge on any atom is 0.294 e. The highest BCUT2D eigenvalue weighted by molar-refractivity contribution is 5.45. The molecule has 4 nitrogen and oxygen atoms in total. The summed E-state index contributed by atoms with van der Waals surface area (Å²) in [5, 5.41) is 0. The molecule has 96 valence electrons. The molecule has 0 amide bonds. The van der Waals surface area contributed by atoms with Crippen molar-refractivity contribution in [3.63, 3.8) is 0 Å². The van der Waals surface area contributed by atoms with Gasteiger partial charge in [0.25, 0.3) is 5.56 Å². The Kier molecular flexibility index (Phi) is 3.23. The average molecular weight is 249 g/mol.